The van der Waals surface area contributed by atoms with Crippen LogP contribution in [0.5, 0.6) is 0 Å². The predicted octanol–water partition coefficient (Wildman–Crippen LogP) is 15.9. The number of nitrogens with zero attached hydrogens (tertiary/aromatic N) is 2. The third kappa shape index (κ3) is 5.47. The van der Waals surface area contributed by atoms with E-state index in [1.54, 1.807) is 0 Å². The third-order valence-corrected chi connectivity index (χ3v) is 18.8. The molecule has 0 fully saturated rings. The molecule has 1 aromatic heterocycles. The molecule has 12 aromatic rings. The lowest BCUT2D eigenvalue weighted by molar-refractivity contribution is 0.593. The van der Waals surface area contributed by atoms with Crippen molar-refractivity contribution in [2.75, 3.05) is 4.90 Å². The average Bonchev–Trinajstić information content (AvgIpc) is 4.05. The molecule has 0 radical (unpaired) electrons. The average molecular weight is 923 g/mol. The second kappa shape index (κ2) is 15.1. The highest BCUT2D eigenvalue weighted by Crippen LogP contribution is 2.65. The Morgan fingerprint density at radius 2 is 0.930 bits per heavy atom. The van der Waals surface area contributed by atoms with Crippen LogP contribution >= 0.6 is 7.14 Å². The standard InChI is InChI=1S/C67H43N2OP/c70-71(51-21-8-3-9-22-51)63-30-15-11-24-53(63)55-40-42-59-64(66(55)71)56-43-50(68(48-35-31-46(32-36-48)44-17-4-1-5-18-44)49-37-33-47(34-38-49)45-19-6-2-7-20-45)39-41-57(56)67(59)58-26-12-14-29-62(58)69-61-28-13-10-23-52(61)54-25-16-27-60(67)65(54)69/h1-43H/t67?,71-/m0/s1. The predicted molar refractivity (Wildman–Crippen MR) is 296 cm³/mol. The molecule has 0 amide bonds. The van der Waals surface area contributed by atoms with E-state index in [-0.39, 0.29) is 0 Å². The van der Waals surface area contributed by atoms with E-state index in [9.17, 15) is 0 Å². The van der Waals surface area contributed by atoms with Gasteiger partial charge < -0.3 is 14.0 Å². The Balaban J connectivity index is 1.05. The zero-order chi connectivity index (χ0) is 46.8. The minimum absolute atomic E-state index is 0.742. The van der Waals surface area contributed by atoms with E-state index in [1.165, 1.54) is 49.6 Å². The zero-order valence-electron chi connectivity index (χ0n) is 38.6. The first kappa shape index (κ1) is 40.2. The monoisotopic (exact) mass is 922 g/mol. The zero-order valence-corrected chi connectivity index (χ0v) is 39.5. The summed E-state index contributed by atoms with van der Waals surface area (Å²) in [5.74, 6) is 0. The van der Waals surface area contributed by atoms with E-state index in [0.29, 0.717) is 0 Å². The first-order chi connectivity index (χ1) is 35.1. The van der Waals surface area contributed by atoms with Gasteiger partial charge in [0.2, 0.25) is 0 Å². The van der Waals surface area contributed by atoms with Gasteiger partial charge in [-0.15, -0.1) is 0 Å². The fourth-order valence-corrected chi connectivity index (χ4v) is 16.0. The van der Waals surface area contributed by atoms with E-state index in [4.69, 9.17) is 0 Å². The quantitative estimate of drug-likeness (QED) is 0.155. The van der Waals surface area contributed by atoms with Crippen molar-refractivity contribution in [1.82, 2.24) is 4.57 Å². The maximum Gasteiger partial charge on any atom is 0.172 e. The van der Waals surface area contributed by atoms with Crippen molar-refractivity contribution in [3.63, 3.8) is 0 Å². The number of benzene rings is 11. The van der Waals surface area contributed by atoms with Gasteiger partial charge >= 0.3 is 0 Å². The SMILES string of the molecule is O=[P@@]1(c2ccccc2)c2ccccc2-c2ccc3c(c21)-c1cc(N(c2ccc(-c4ccccc4)cc2)c2ccc(-c4ccccc4)cc2)ccc1C31c2ccccc2-n2c3ccccc3c3cccc1c32. The van der Waals surface area contributed by atoms with Crippen molar-refractivity contribution < 1.29 is 4.57 Å². The van der Waals surface area contributed by atoms with Gasteiger partial charge in [0.25, 0.3) is 0 Å². The van der Waals surface area contributed by atoms with Gasteiger partial charge in [-0.05, 0) is 115 Å². The molecule has 2 atom stereocenters. The van der Waals surface area contributed by atoms with E-state index in [0.717, 1.165) is 77.6 Å². The van der Waals surface area contributed by atoms with E-state index in [1.807, 2.05) is 18.2 Å². The number of hydrogen-bond donors (Lipinski definition) is 0. The Morgan fingerprint density at radius 3 is 1.65 bits per heavy atom. The molecule has 15 rings (SSSR count). The maximum absolute atomic E-state index is 17.0. The maximum atomic E-state index is 17.0. The van der Waals surface area contributed by atoms with Crippen molar-refractivity contribution >= 4 is 61.9 Å². The first-order valence-corrected chi connectivity index (χ1v) is 26.2. The Labute approximate surface area is 412 Å². The van der Waals surface area contributed by atoms with Crippen molar-refractivity contribution in [1.29, 1.82) is 0 Å². The Morgan fingerprint density at radius 1 is 0.380 bits per heavy atom. The van der Waals surface area contributed by atoms with Gasteiger partial charge in [0.05, 0.1) is 22.1 Å². The Bertz CT molecular complexity index is 4100. The van der Waals surface area contributed by atoms with Crippen LogP contribution in [0, 0.1) is 0 Å². The molecule has 71 heavy (non-hydrogen) atoms. The summed E-state index contributed by atoms with van der Waals surface area (Å²) in [6.07, 6.45) is 0. The number of rotatable bonds is 6. The van der Waals surface area contributed by atoms with Crippen LogP contribution in [-0.2, 0) is 9.98 Å². The van der Waals surface area contributed by atoms with E-state index >= 15 is 4.57 Å². The molecule has 0 saturated carbocycles. The summed E-state index contributed by atoms with van der Waals surface area (Å²) in [6.45, 7) is 0. The number of anilines is 3. The molecule has 3 nitrogen and oxygen atoms in total. The first-order valence-electron chi connectivity index (χ1n) is 24.4. The number of hydrogen-bond acceptors (Lipinski definition) is 2. The lowest BCUT2D eigenvalue weighted by Crippen LogP contribution is -2.34. The smallest absolute Gasteiger partial charge is 0.172 e. The lowest BCUT2D eigenvalue weighted by atomic mass is 9.65. The van der Waals surface area contributed by atoms with Gasteiger partial charge in [0.15, 0.2) is 7.14 Å². The van der Waals surface area contributed by atoms with Crippen molar-refractivity contribution in [2.24, 2.45) is 0 Å². The summed E-state index contributed by atoms with van der Waals surface area (Å²) in [6, 6.07) is 94.2. The number of para-hydroxylation sites is 3. The molecule has 3 heterocycles. The van der Waals surface area contributed by atoms with Crippen LogP contribution in [-0.4, -0.2) is 4.57 Å². The Hall–Kier alpha value is -8.75. The molecule has 0 bridgehead atoms. The van der Waals surface area contributed by atoms with Gasteiger partial charge in [-0.3, -0.25) is 0 Å². The second-order valence-electron chi connectivity index (χ2n) is 19.1. The molecule has 0 N–H and O–H groups in total. The molecule has 4 heteroatoms. The van der Waals surface area contributed by atoms with Crippen LogP contribution in [0.25, 0.3) is 72.0 Å². The van der Waals surface area contributed by atoms with Crippen LogP contribution in [0.2, 0.25) is 0 Å². The summed E-state index contributed by atoms with van der Waals surface area (Å²) in [7, 11) is -3.44. The van der Waals surface area contributed by atoms with Crippen molar-refractivity contribution in [3.8, 4) is 50.2 Å². The normalized spacial score (nSPS) is 16.6. The summed E-state index contributed by atoms with van der Waals surface area (Å²) in [4.78, 5) is 2.39. The highest BCUT2D eigenvalue weighted by molar-refractivity contribution is 7.86. The fourth-order valence-electron chi connectivity index (χ4n) is 12.7. The molecule has 1 aliphatic carbocycles. The summed E-state index contributed by atoms with van der Waals surface area (Å²) in [5, 5.41) is 5.14. The van der Waals surface area contributed by atoms with Gasteiger partial charge in [0.1, 0.15) is 0 Å². The second-order valence-corrected chi connectivity index (χ2v) is 21.7. The largest absolute Gasteiger partial charge is 0.310 e. The molecule has 11 aromatic carbocycles. The van der Waals surface area contributed by atoms with Crippen molar-refractivity contribution in [3.05, 3.63) is 283 Å². The van der Waals surface area contributed by atoms with Crippen LogP contribution < -0.4 is 20.8 Å². The summed E-state index contributed by atoms with van der Waals surface area (Å²) >= 11 is 0. The van der Waals surface area contributed by atoms with Crippen LogP contribution in [0.3, 0.4) is 0 Å². The lowest BCUT2D eigenvalue weighted by Gasteiger charge is -2.39. The third-order valence-electron chi connectivity index (χ3n) is 15.6. The minimum Gasteiger partial charge on any atom is -0.310 e. The molecule has 0 saturated heterocycles. The number of fused-ring (bicyclic) bond motifs is 16. The van der Waals surface area contributed by atoms with Crippen LogP contribution in [0.1, 0.15) is 22.3 Å². The Kier molecular flexibility index (Phi) is 8.56. The van der Waals surface area contributed by atoms with Gasteiger partial charge in [0, 0.05) is 43.7 Å². The van der Waals surface area contributed by atoms with Gasteiger partial charge in [-0.2, -0.15) is 0 Å². The molecular weight excluding hydrogens is 880 g/mol. The highest BCUT2D eigenvalue weighted by atomic mass is 31.2. The van der Waals surface area contributed by atoms with Crippen LogP contribution in [0.4, 0.5) is 17.1 Å². The molecule has 332 valence electrons. The minimum atomic E-state index is -3.44. The van der Waals surface area contributed by atoms with Gasteiger partial charge in [-0.1, -0.05) is 212 Å². The van der Waals surface area contributed by atoms with E-state index in [2.05, 4.69) is 252 Å². The van der Waals surface area contributed by atoms with E-state index < -0.39 is 12.6 Å². The summed E-state index contributed by atoms with van der Waals surface area (Å²) in [5.41, 5.74) is 19.7. The highest BCUT2D eigenvalue weighted by Gasteiger charge is 2.54. The molecule has 2 aliphatic heterocycles. The molecule has 1 unspecified atom stereocenters. The molecule has 3 aliphatic rings. The van der Waals surface area contributed by atoms with Gasteiger partial charge in [-0.25, -0.2) is 0 Å². The van der Waals surface area contributed by atoms with Crippen LogP contribution in [0.15, 0.2) is 261 Å². The van der Waals surface area contributed by atoms with Crippen molar-refractivity contribution in [2.45, 2.75) is 5.41 Å². The molecular formula is C67H43N2OP. The summed E-state index contributed by atoms with van der Waals surface area (Å²) < 4.78 is 19.5. The molecule has 1 spiro atoms. The fraction of sp³-hybridized carbons (Fsp3) is 0.0149. The number of aromatic nitrogens is 1. The topological polar surface area (TPSA) is 25.2 Å².